The van der Waals surface area contributed by atoms with Crippen LogP contribution in [0.4, 0.5) is 0 Å². The minimum Gasteiger partial charge on any atom is -0.309 e. The Labute approximate surface area is 395 Å². The molecule has 0 N–H and O–H groups in total. The van der Waals surface area contributed by atoms with Crippen LogP contribution in [0.5, 0.6) is 0 Å². The number of rotatable bonds is 8. The van der Waals surface area contributed by atoms with E-state index >= 15 is 0 Å². The minimum atomic E-state index is -0.554. The third-order valence-electron chi connectivity index (χ3n) is 13.7. The second kappa shape index (κ2) is 16.2. The number of hydrogen-bond donors (Lipinski definition) is 0. The minimum absolute atomic E-state index is 0.554. The molecule has 12 aromatic rings. The standard InChI is InChI=1S/C64H42N4/c1-6-20-44(21-7-1)61-65-62(45-22-8-2-9-23-45)67-63(66-61)46-36-34-43(35-37-46)54-42-58-55(51-30-16-18-32-57(51)64(58,48-24-10-3-11-25-48)49-26-12-4-13-27-49)41-53(54)47-38-39-60-56(40-47)52-31-17-19-33-59(52)68(60)50-28-14-5-15-29-50/h1-42H. The molecule has 68 heavy (non-hydrogen) atoms. The zero-order valence-electron chi connectivity index (χ0n) is 37.0. The van der Waals surface area contributed by atoms with E-state index in [2.05, 4.69) is 199 Å². The number of aromatic nitrogens is 4. The van der Waals surface area contributed by atoms with Gasteiger partial charge in [-0.25, -0.2) is 15.0 Å². The van der Waals surface area contributed by atoms with Crippen LogP contribution in [0.1, 0.15) is 22.3 Å². The molecule has 4 nitrogen and oxygen atoms in total. The van der Waals surface area contributed by atoms with E-state index in [1.165, 1.54) is 60.8 Å². The molecule has 0 bridgehead atoms. The maximum Gasteiger partial charge on any atom is 0.164 e. The molecular weight excluding hydrogens is 825 g/mol. The van der Waals surface area contributed by atoms with Crippen molar-refractivity contribution in [3.05, 3.63) is 277 Å². The van der Waals surface area contributed by atoms with Crippen molar-refractivity contribution in [3.8, 4) is 73.2 Å². The molecule has 0 fully saturated rings. The first-order valence-corrected chi connectivity index (χ1v) is 23.2. The van der Waals surface area contributed by atoms with E-state index in [-0.39, 0.29) is 0 Å². The van der Waals surface area contributed by atoms with Gasteiger partial charge >= 0.3 is 0 Å². The molecule has 2 aromatic heterocycles. The molecule has 2 heterocycles. The van der Waals surface area contributed by atoms with Crippen LogP contribution in [0.25, 0.3) is 95.0 Å². The van der Waals surface area contributed by atoms with Gasteiger partial charge in [0.05, 0.1) is 16.4 Å². The van der Waals surface area contributed by atoms with Gasteiger partial charge in [0.1, 0.15) is 0 Å². The van der Waals surface area contributed by atoms with Crippen LogP contribution in [0.3, 0.4) is 0 Å². The fraction of sp³-hybridized carbons (Fsp3) is 0.0156. The molecule has 0 atom stereocenters. The average Bonchev–Trinajstić information content (AvgIpc) is 3.91. The molecule has 0 aliphatic heterocycles. The van der Waals surface area contributed by atoms with Gasteiger partial charge in [-0.2, -0.15) is 0 Å². The smallest absolute Gasteiger partial charge is 0.164 e. The molecule has 10 aromatic carbocycles. The van der Waals surface area contributed by atoms with Gasteiger partial charge in [0.25, 0.3) is 0 Å². The molecule has 0 radical (unpaired) electrons. The van der Waals surface area contributed by atoms with Gasteiger partial charge in [0, 0.05) is 33.2 Å². The molecule has 0 unspecified atom stereocenters. The van der Waals surface area contributed by atoms with Gasteiger partial charge in [-0.15, -0.1) is 0 Å². The molecule has 0 saturated heterocycles. The molecule has 13 rings (SSSR count). The molecule has 0 amide bonds. The van der Waals surface area contributed by atoms with Crippen molar-refractivity contribution in [2.75, 3.05) is 0 Å². The van der Waals surface area contributed by atoms with E-state index in [1.54, 1.807) is 0 Å². The highest BCUT2D eigenvalue weighted by Gasteiger charge is 2.46. The van der Waals surface area contributed by atoms with Gasteiger partial charge < -0.3 is 4.57 Å². The summed E-state index contributed by atoms with van der Waals surface area (Å²) in [5.41, 5.74) is 17.8. The second-order valence-corrected chi connectivity index (χ2v) is 17.5. The quantitative estimate of drug-likeness (QED) is 0.153. The summed E-state index contributed by atoms with van der Waals surface area (Å²) in [5, 5.41) is 2.44. The van der Waals surface area contributed by atoms with Crippen molar-refractivity contribution in [1.29, 1.82) is 0 Å². The van der Waals surface area contributed by atoms with Crippen molar-refractivity contribution in [2.24, 2.45) is 0 Å². The summed E-state index contributed by atoms with van der Waals surface area (Å²) in [4.78, 5) is 15.1. The van der Waals surface area contributed by atoms with Crippen LogP contribution < -0.4 is 0 Å². The van der Waals surface area contributed by atoms with Crippen LogP contribution in [0.2, 0.25) is 0 Å². The Balaban J connectivity index is 1.05. The Hall–Kier alpha value is -8.99. The number of benzene rings is 10. The summed E-state index contributed by atoms with van der Waals surface area (Å²) in [6.45, 7) is 0. The summed E-state index contributed by atoms with van der Waals surface area (Å²) in [5.74, 6) is 1.91. The number of para-hydroxylation sites is 2. The molecule has 0 saturated carbocycles. The summed E-state index contributed by atoms with van der Waals surface area (Å²) < 4.78 is 2.38. The summed E-state index contributed by atoms with van der Waals surface area (Å²) in [6, 6.07) is 91.6. The van der Waals surface area contributed by atoms with Crippen molar-refractivity contribution >= 4 is 21.8 Å². The monoisotopic (exact) mass is 866 g/mol. The van der Waals surface area contributed by atoms with Crippen molar-refractivity contribution in [2.45, 2.75) is 5.41 Å². The highest BCUT2D eigenvalue weighted by Crippen LogP contribution is 2.58. The Kier molecular flexibility index (Phi) is 9.36. The van der Waals surface area contributed by atoms with E-state index in [4.69, 9.17) is 15.0 Å². The predicted octanol–water partition coefficient (Wildman–Crippen LogP) is 15.7. The lowest BCUT2D eigenvalue weighted by molar-refractivity contribution is 0.769. The Morgan fingerprint density at radius 2 is 0.735 bits per heavy atom. The summed E-state index contributed by atoms with van der Waals surface area (Å²) in [7, 11) is 0. The Morgan fingerprint density at radius 3 is 1.35 bits per heavy atom. The van der Waals surface area contributed by atoms with E-state index in [0.29, 0.717) is 17.5 Å². The SMILES string of the molecule is c1ccc(-c2nc(-c3ccccc3)nc(-c3ccc(-c4cc5c(cc4-c4ccc6c(c4)c4ccccc4n6-c4ccccc4)-c4ccccc4C5(c4ccccc4)c4ccccc4)cc3)n2)cc1. The molecule has 318 valence electrons. The molecule has 0 spiro atoms. The maximum absolute atomic E-state index is 5.08. The number of hydrogen-bond acceptors (Lipinski definition) is 3. The van der Waals surface area contributed by atoms with Gasteiger partial charge in [0.2, 0.25) is 0 Å². The van der Waals surface area contributed by atoms with Crippen LogP contribution in [0, 0.1) is 0 Å². The average molecular weight is 867 g/mol. The first-order valence-electron chi connectivity index (χ1n) is 23.2. The van der Waals surface area contributed by atoms with E-state index in [9.17, 15) is 0 Å². The lowest BCUT2D eigenvalue weighted by atomic mass is 9.67. The molecular formula is C64H42N4. The van der Waals surface area contributed by atoms with Gasteiger partial charge in [-0.3, -0.25) is 0 Å². The third-order valence-corrected chi connectivity index (χ3v) is 13.7. The van der Waals surface area contributed by atoms with Crippen LogP contribution in [-0.4, -0.2) is 19.5 Å². The molecule has 1 aliphatic carbocycles. The first kappa shape index (κ1) is 39.4. The zero-order valence-corrected chi connectivity index (χ0v) is 37.0. The largest absolute Gasteiger partial charge is 0.309 e. The second-order valence-electron chi connectivity index (χ2n) is 17.5. The topological polar surface area (TPSA) is 43.6 Å². The lowest BCUT2D eigenvalue weighted by Crippen LogP contribution is -2.28. The summed E-state index contributed by atoms with van der Waals surface area (Å²) in [6.07, 6.45) is 0. The number of nitrogens with zero attached hydrogens (tertiary/aromatic N) is 4. The van der Waals surface area contributed by atoms with Gasteiger partial charge in [0.15, 0.2) is 17.5 Å². The fourth-order valence-electron chi connectivity index (χ4n) is 10.7. The third kappa shape index (κ3) is 6.34. The van der Waals surface area contributed by atoms with Crippen LogP contribution >= 0.6 is 0 Å². The molecule has 4 heteroatoms. The Morgan fingerprint density at radius 1 is 0.279 bits per heavy atom. The van der Waals surface area contributed by atoms with Crippen molar-refractivity contribution < 1.29 is 0 Å². The van der Waals surface area contributed by atoms with Crippen molar-refractivity contribution in [1.82, 2.24) is 19.5 Å². The fourth-order valence-corrected chi connectivity index (χ4v) is 10.7. The predicted molar refractivity (Wildman–Crippen MR) is 279 cm³/mol. The summed E-state index contributed by atoms with van der Waals surface area (Å²) >= 11 is 0. The Bertz CT molecular complexity index is 3710. The van der Waals surface area contributed by atoms with E-state index in [0.717, 1.165) is 39.1 Å². The number of fused-ring (bicyclic) bond motifs is 6. The van der Waals surface area contributed by atoms with E-state index < -0.39 is 5.41 Å². The lowest BCUT2D eigenvalue weighted by Gasteiger charge is -2.34. The van der Waals surface area contributed by atoms with Crippen LogP contribution in [-0.2, 0) is 5.41 Å². The zero-order chi connectivity index (χ0) is 45.0. The molecule has 1 aliphatic rings. The van der Waals surface area contributed by atoms with Crippen molar-refractivity contribution in [3.63, 3.8) is 0 Å². The van der Waals surface area contributed by atoms with Gasteiger partial charge in [-0.1, -0.05) is 212 Å². The first-order chi connectivity index (χ1) is 33.7. The maximum atomic E-state index is 5.08. The van der Waals surface area contributed by atoms with Gasteiger partial charge in [-0.05, 0) is 98.1 Å². The van der Waals surface area contributed by atoms with Crippen LogP contribution in [0.15, 0.2) is 255 Å². The highest BCUT2D eigenvalue weighted by atomic mass is 15.0. The highest BCUT2D eigenvalue weighted by molar-refractivity contribution is 6.11. The van der Waals surface area contributed by atoms with E-state index in [1.807, 2.05) is 60.7 Å². The normalized spacial score (nSPS) is 12.5.